The molecule has 3 nitrogen and oxygen atoms in total. The summed E-state index contributed by atoms with van der Waals surface area (Å²) in [5.41, 5.74) is 2.68. The largest absolute Gasteiger partial charge is 0.508 e. The Bertz CT molecular complexity index is 388. The minimum atomic E-state index is 0.385. The molecule has 2 aliphatic rings. The van der Waals surface area contributed by atoms with E-state index in [9.17, 15) is 5.11 Å². The summed E-state index contributed by atoms with van der Waals surface area (Å²) in [5, 5.41) is 13.1. The van der Waals surface area contributed by atoms with Crippen LogP contribution in [0.15, 0.2) is 18.2 Å². The van der Waals surface area contributed by atoms with Crippen molar-refractivity contribution in [3.05, 3.63) is 29.3 Å². The molecule has 2 heterocycles. The Balaban J connectivity index is 1.83. The molecular formula is C13H18N2O. The predicted octanol–water partition coefficient (Wildman–Crippen LogP) is 1.28. The molecule has 0 spiro atoms. The highest BCUT2D eigenvalue weighted by Gasteiger charge is 2.24. The minimum absolute atomic E-state index is 0.385. The van der Waals surface area contributed by atoms with Gasteiger partial charge in [0.2, 0.25) is 0 Å². The molecule has 0 bridgehead atoms. The average Bonchev–Trinajstić information content (AvgIpc) is 2.23. The molecule has 3 rings (SSSR count). The third-order valence-corrected chi connectivity index (χ3v) is 3.68. The first-order chi connectivity index (χ1) is 7.83. The summed E-state index contributed by atoms with van der Waals surface area (Å²) in [6, 6.07) is 6.18. The number of hydrogen-bond acceptors (Lipinski definition) is 3. The number of fused-ring (bicyclic) bond motifs is 1. The van der Waals surface area contributed by atoms with E-state index in [0.717, 1.165) is 19.5 Å². The van der Waals surface area contributed by atoms with Crippen LogP contribution < -0.4 is 5.32 Å². The van der Waals surface area contributed by atoms with Crippen molar-refractivity contribution in [1.82, 2.24) is 10.2 Å². The predicted molar refractivity (Wildman–Crippen MR) is 63.6 cm³/mol. The van der Waals surface area contributed by atoms with E-state index in [2.05, 4.69) is 16.3 Å². The van der Waals surface area contributed by atoms with Crippen molar-refractivity contribution in [2.24, 2.45) is 0 Å². The molecule has 0 aromatic heterocycles. The lowest BCUT2D eigenvalue weighted by Crippen LogP contribution is -2.44. The third-order valence-electron chi connectivity index (χ3n) is 3.68. The molecule has 1 atom stereocenters. The van der Waals surface area contributed by atoms with Crippen LogP contribution in [0.3, 0.4) is 0 Å². The lowest BCUT2D eigenvalue weighted by atomic mass is 9.93. The molecule has 1 saturated heterocycles. The van der Waals surface area contributed by atoms with Crippen LogP contribution >= 0.6 is 0 Å². The maximum atomic E-state index is 9.57. The van der Waals surface area contributed by atoms with Gasteiger partial charge in [-0.15, -0.1) is 0 Å². The van der Waals surface area contributed by atoms with Crippen LogP contribution in [0.4, 0.5) is 0 Å². The van der Waals surface area contributed by atoms with Gasteiger partial charge in [-0.2, -0.15) is 0 Å². The van der Waals surface area contributed by atoms with Crippen molar-refractivity contribution < 1.29 is 5.11 Å². The van der Waals surface area contributed by atoms with Crippen LogP contribution in [0, 0.1) is 0 Å². The van der Waals surface area contributed by atoms with Gasteiger partial charge in [-0.1, -0.05) is 6.07 Å². The number of phenolic OH excluding ortho intramolecular Hbond substituents is 1. The first-order valence-corrected chi connectivity index (χ1v) is 6.10. The standard InChI is InChI=1S/C13H18N2O/c16-11-3-2-10-4-5-14-13(12(10)8-11)9-15-6-1-7-15/h2-3,8,13-14,16H,1,4-7,9H2. The Labute approximate surface area is 96.1 Å². The van der Waals surface area contributed by atoms with Crippen molar-refractivity contribution >= 4 is 0 Å². The third kappa shape index (κ3) is 1.81. The van der Waals surface area contributed by atoms with Gasteiger partial charge in [0.25, 0.3) is 0 Å². The number of nitrogens with one attached hydrogen (secondary N) is 1. The van der Waals surface area contributed by atoms with Crippen molar-refractivity contribution in [3.8, 4) is 5.75 Å². The molecule has 3 heteroatoms. The van der Waals surface area contributed by atoms with Crippen molar-refractivity contribution in [1.29, 1.82) is 0 Å². The van der Waals surface area contributed by atoms with E-state index in [1.165, 1.54) is 30.6 Å². The van der Waals surface area contributed by atoms with E-state index in [0.29, 0.717) is 11.8 Å². The molecule has 2 aliphatic heterocycles. The monoisotopic (exact) mass is 218 g/mol. The Kier molecular flexibility index (Phi) is 2.58. The van der Waals surface area contributed by atoms with Gasteiger partial charge in [-0.3, -0.25) is 0 Å². The number of benzene rings is 1. The second-order valence-corrected chi connectivity index (χ2v) is 4.79. The molecule has 1 aromatic carbocycles. The summed E-state index contributed by atoms with van der Waals surface area (Å²) < 4.78 is 0. The molecule has 1 fully saturated rings. The molecule has 86 valence electrons. The number of phenols is 1. The smallest absolute Gasteiger partial charge is 0.115 e. The van der Waals surface area contributed by atoms with E-state index >= 15 is 0 Å². The Hall–Kier alpha value is -1.06. The zero-order chi connectivity index (χ0) is 11.0. The van der Waals surface area contributed by atoms with Gasteiger partial charge < -0.3 is 15.3 Å². The molecule has 16 heavy (non-hydrogen) atoms. The van der Waals surface area contributed by atoms with Crippen LogP contribution in [0.25, 0.3) is 0 Å². The van der Waals surface area contributed by atoms with Gasteiger partial charge in [-0.25, -0.2) is 0 Å². The fraction of sp³-hybridized carbons (Fsp3) is 0.538. The highest BCUT2D eigenvalue weighted by Crippen LogP contribution is 2.28. The fourth-order valence-corrected chi connectivity index (χ4v) is 2.61. The van der Waals surface area contributed by atoms with Crippen LogP contribution in [0.2, 0.25) is 0 Å². The maximum absolute atomic E-state index is 9.57. The first-order valence-electron chi connectivity index (χ1n) is 6.10. The number of rotatable bonds is 2. The summed E-state index contributed by atoms with van der Waals surface area (Å²) in [4.78, 5) is 2.47. The zero-order valence-corrected chi connectivity index (χ0v) is 9.45. The van der Waals surface area contributed by atoms with Crippen LogP contribution in [0.5, 0.6) is 5.75 Å². The summed E-state index contributed by atoms with van der Waals surface area (Å²) in [6.45, 7) is 4.59. The van der Waals surface area contributed by atoms with Crippen LogP contribution in [0.1, 0.15) is 23.6 Å². The van der Waals surface area contributed by atoms with Crippen molar-refractivity contribution in [2.45, 2.75) is 18.9 Å². The normalized spacial score (nSPS) is 24.9. The number of hydrogen-bond donors (Lipinski definition) is 2. The first kappa shape index (κ1) is 10.1. The second-order valence-electron chi connectivity index (χ2n) is 4.79. The second kappa shape index (κ2) is 4.07. The topological polar surface area (TPSA) is 35.5 Å². The van der Waals surface area contributed by atoms with Crippen LogP contribution in [-0.4, -0.2) is 36.2 Å². The average molecular weight is 218 g/mol. The van der Waals surface area contributed by atoms with E-state index in [1.54, 1.807) is 6.07 Å². The van der Waals surface area contributed by atoms with Gasteiger partial charge in [0, 0.05) is 12.6 Å². The van der Waals surface area contributed by atoms with Crippen molar-refractivity contribution in [2.75, 3.05) is 26.2 Å². The maximum Gasteiger partial charge on any atom is 0.115 e. The number of likely N-dealkylation sites (tertiary alicyclic amines) is 1. The molecule has 0 amide bonds. The number of nitrogens with zero attached hydrogens (tertiary/aromatic N) is 1. The lowest BCUT2D eigenvalue weighted by molar-refractivity contribution is 0.159. The molecule has 2 N–H and O–H groups in total. The highest BCUT2D eigenvalue weighted by atomic mass is 16.3. The quantitative estimate of drug-likeness (QED) is 0.785. The molecule has 0 aliphatic carbocycles. The molecule has 0 saturated carbocycles. The summed E-state index contributed by atoms with van der Waals surface area (Å²) in [6.07, 6.45) is 2.41. The molecule has 1 unspecified atom stereocenters. The van der Waals surface area contributed by atoms with Gasteiger partial charge >= 0.3 is 0 Å². The highest BCUT2D eigenvalue weighted by molar-refractivity contribution is 5.38. The van der Waals surface area contributed by atoms with E-state index < -0.39 is 0 Å². The SMILES string of the molecule is Oc1ccc2c(c1)C(CN1CCC1)NCC2. The van der Waals surface area contributed by atoms with Gasteiger partial charge in [0.1, 0.15) is 5.75 Å². The van der Waals surface area contributed by atoms with E-state index in [4.69, 9.17) is 0 Å². The van der Waals surface area contributed by atoms with E-state index in [-0.39, 0.29) is 0 Å². The number of aromatic hydroxyl groups is 1. The summed E-state index contributed by atoms with van der Waals surface area (Å²) in [7, 11) is 0. The van der Waals surface area contributed by atoms with Gasteiger partial charge in [-0.05, 0) is 55.7 Å². The fourth-order valence-electron chi connectivity index (χ4n) is 2.61. The van der Waals surface area contributed by atoms with E-state index in [1.807, 2.05) is 6.07 Å². The lowest BCUT2D eigenvalue weighted by Gasteiger charge is -2.36. The Morgan fingerprint density at radius 1 is 1.38 bits per heavy atom. The van der Waals surface area contributed by atoms with Gasteiger partial charge in [0.15, 0.2) is 0 Å². The summed E-state index contributed by atoms with van der Waals surface area (Å²) in [5.74, 6) is 0.385. The molecule has 1 aromatic rings. The minimum Gasteiger partial charge on any atom is -0.508 e. The van der Waals surface area contributed by atoms with Gasteiger partial charge in [0.05, 0.1) is 0 Å². The van der Waals surface area contributed by atoms with Crippen LogP contribution in [-0.2, 0) is 6.42 Å². The Morgan fingerprint density at radius 3 is 3.00 bits per heavy atom. The summed E-state index contributed by atoms with van der Waals surface area (Å²) >= 11 is 0. The molecular weight excluding hydrogens is 200 g/mol. The Morgan fingerprint density at radius 2 is 2.25 bits per heavy atom. The van der Waals surface area contributed by atoms with Crippen molar-refractivity contribution in [3.63, 3.8) is 0 Å². The zero-order valence-electron chi connectivity index (χ0n) is 9.45. The molecule has 0 radical (unpaired) electrons.